The van der Waals surface area contributed by atoms with Gasteiger partial charge in [-0.15, -0.1) is 17.8 Å². The monoisotopic (exact) mass is 166 g/mol. The molecule has 0 amide bonds. The number of aryl methyl sites for hydroxylation is 1. The van der Waals surface area contributed by atoms with Gasteiger partial charge in [-0.1, -0.05) is 5.92 Å². The van der Waals surface area contributed by atoms with Gasteiger partial charge in [-0.2, -0.15) is 0 Å². The predicted octanol–water partition coefficient (Wildman–Crippen LogP) is 1.74. The molecule has 0 saturated carbocycles. The lowest BCUT2D eigenvalue weighted by molar-refractivity contribution is 0.0702. The van der Waals surface area contributed by atoms with E-state index in [-0.39, 0.29) is 0 Å². The molecule has 1 aromatic heterocycles. The van der Waals surface area contributed by atoms with Crippen LogP contribution in [-0.2, 0) is 0 Å². The van der Waals surface area contributed by atoms with Crippen molar-refractivity contribution in [1.29, 1.82) is 0 Å². The van der Waals surface area contributed by atoms with Crippen LogP contribution in [0.15, 0.2) is 6.07 Å². The van der Waals surface area contributed by atoms with Gasteiger partial charge in [-0.25, -0.2) is 4.79 Å². The fourth-order valence-electron chi connectivity index (χ4n) is 0.731. The molecule has 1 heterocycles. The molecule has 1 aromatic rings. The Kier molecular flexibility index (Phi) is 1.97. The van der Waals surface area contributed by atoms with E-state index in [2.05, 4.69) is 5.92 Å². The molecular weight excluding hydrogens is 160 g/mol. The van der Waals surface area contributed by atoms with Crippen molar-refractivity contribution in [2.75, 3.05) is 0 Å². The van der Waals surface area contributed by atoms with Crippen LogP contribution in [0.1, 0.15) is 20.1 Å². The lowest BCUT2D eigenvalue weighted by atomic mass is 10.3. The molecule has 3 heteroatoms. The smallest absolute Gasteiger partial charge is 0.345 e. The van der Waals surface area contributed by atoms with Crippen molar-refractivity contribution < 1.29 is 9.90 Å². The number of hydrogen-bond donors (Lipinski definition) is 1. The Labute approximate surface area is 68.5 Å². The molecule has 0 saturated heterocycles. The van der Waals surface area contributed by atoms with E-state index in [4.69, 9.17) is 11.5 Å². The minimum atomic E-state index is -0.917. The number of rotatable bonds is 1. The highest BCUT2D eigenvalue weighted by Crippen LogP contribution is 2.20. The highest BCUT2D eigenvalue weighted by molar-refractivity contribution is 7.14. The number of aromatic carboxylic acids is 1. The van der Waals surface area contributed by atoms with E-state index < -0.39 is 5.97 Å². The Morgan fingerprint density at radius 2 is 2.45 bits per heavy atom. The van der Waals surface area contributed by atoms with Crippen molar-refractivity contribution in [3.63, 3.8) is 0 Å². The molecule has 56 valence electrons. The van der Waals surface area contributed by atoms with Crippen LogP contribution < -0.4 is 0 Å². The first-order valence-corrected chi connectivity index (χ1v) is 3.77. The zero-order valence-electron chi connectivity index (χ0n) is 5.92. The van der Waals surface area contributed by atoms with Gasteiger partial charge in [0.1, 0.15) is 4.88 Å². The maximum Gasteiger partial charge on any atom is 0.345 e. The van der Waals surface area contributed by atoms with Crippen LogP contribution in [0.5, 0.6) is 0 Å². The maximum absolute atomic E-state index is 10.4. The average Bonchev–Trinajstić information content (AvgIpc) is 2.31. The molecule has 0 aliphatic heterocycles. The van der Waals surface area contributed by atoms with E-state index in [1.807, 2.05) is 0 Å². The van der Waals surface area contributed by atoms with Gasteiger partial charge in [-0.05, 0) is 18.6 Å². The number of terminal acetylenes is 1. The number of carboxylic acid groups (broad SMARTS) is 1. The predicted molar refractivity (Wildman–Crippen MR) is 44.0 cm³/mol. The molecular formula is C8H6O2S. The molecule has 0 spiro atoms. The SMILES string of the molecule is C#Cc1sc(C(=O)O)cc1C. The topological polar surface area (TPSA) is 37.3 Å². The zero-order chi connectivity index (χ0) is 8.43. The maximum atomic E-state index is 10.4. The summed E-state index contributed by atoms with van der Waals surface area (Å²) in [4.78, 5) is 11.4. The number of carboxylic acids is 1. The van der Waals surface area contributed by atoms with E-state index >= 15 is 0 Å². The molecule has 1 rings (SSSR count). The Morgan fingerprint density at radius 1 is 1.82 bits per heavy atom. The molecule has 2 nitrogen and oxygen atoms in total. The minimum Gasteiger partial charge on any atom is -0.477 e. The summed E-state index contributed by atoms with van der Waals surface area (Å²) in [5.41, 5.74) is 0.856. The molecule has 0 aliphatic carbocycles. The van der Waals surface area contributed by atoms with Crippen LogP contribution >= 0.6 is 11.3 Å². The molecule has 11 heavy (non-hydrogen) atoms. The van der Waals surface area contributed by atoms with Crippen LogP contribution in [0, 0.1) is 19.3 Å². The number of carbonyl (C=O) groups is 1. The molecule has 0 aromatic carbocycles. The minimum absolute atomic E-state index is 0.301. The molecule has 0 atom stereocenters. The standard InChI is InChI=1S/C8H6O2S/c1-3-6-5(2)4-7(11-6)8(9)10/h1,4H,2H3,(H,9,10). The van der Waals surface area contributed by atoms with Crippen molar-refractivity contribution in [3.05, 3.63) is 21.4 Å². The molecule has 0 unspecified atom stereocenters. The van der Waals surface area contributed by atoms with Crippen LogP contribution in [0.2, 0.25) is 0 Å². The molecule has 0 bridgehead atoms. The fourth-order valence-corrected chi connectivity index (χ4v) is 1.55. The van der Waals surface area contributed by atoms with Gasteiger partial charge in [0, 0.05) is 0 Å². The van der Waals surface area contributed by atoms with Crippen molar-refractivity contribution >= 4 is 17.3 Å². The van der Waals surface area contributed by atoms with Crippen LogP contribution in [0.25, 0.3) is 0 Å². The summed E-state index contributed by atoms with van der Waals surface area (Å²) in [6, 6.07) is 1.59. The average molecular weight is 166 g/mol. The Balaban J connectivity index is 3.18. The Morgan fingerprint density at radius 3 is 2.73 bits per heavy atom. The van der Waals surface area contributed by atoms with Gasteiger partial charge in [0.15, 0.2) is 0 Å². The van der Waals surface area contributed by atoms with Gasteiger partial charge in [0.05, 0.1) is 4.88 Å². The second kappa shape index (κ2) is 2.77. The lowest BCUT2D eigenvalue weighted by Crippen LogP contribution is -1.89. The second-order valence-electron chi connectivity index (χ2n) is 2.07. The summed E-state index contributed by atoms with van der Waals surface area (Å²) < 4.78 is 0. The number of thiophene rings is 1. The quantitative estimate of drug-likeness (QED) is 0.645. The first kappa shape index (κ1) is 7.83. The Bertz CT molecular complexity index is 330. The summed E-state index contributed by atoms with van der Waals surface area (Å²) in [5.74, 6) is 1.51. The van der Waals surface area contributed by atoms with Gasteiger partial charge < -0.3 is 5.11 Å². The largest absolute Gasteiger partial charge is 0.477 e. The first-order valence-electron chi connectivity index (χ1n) is 2.95. The molecule has 0 fully saturated rings. The van der Waals surface area contributed by atoms with Crippen LogP contribution in [0.3, 0.4) is 0 Å². The summed E-state index contributed by atoms with van der Waals surface area (Å²) in [6.45, 7) is 1.80. The van der Waals surface area contributed by atoms with E-state index in [9.17, 15) is 4.79 Å². The van der Waals surface area contributed by atoms with Gasteiger partial charge >= 0.3 is 5.97 Å². The van der Waals surface area contributed by atoms with Gasteiger partial charge in [0.25, 0.3) is 0 Å². The van der Waals surface area contributed by atoms with Gasteiger partial charge in [0.2, 0.25) is 0 Å². The third-order valence-electron chi connectivity index (χ3n) is 1.26. The molecule has 1 N–H and O–H groups in total. The highest BCUT2D eigenvalue weighted by atomic mass is 32.1. The van der Waals surface area contributed by atoms with E-state index in [0.717, 1.165) is 16.9 Å². The third kappa shape index (κ3) is 1.41. The van der Waals surface area contributed by atoms with Gasteiger partial charge in [-0.3, -0.25) is 0 Å². The summed E-state index contributed by atoms with van der Waals surface area (Å²) >= 11 is 1.13. The lowest BCUT2D eigenvalue weighted by Gasteiger charge is -1.80. The Hall–Kier alpha value is -1.27. The van der Waals surface area contributed by atoms with E-state index in [0.29, 0.717) is 9.75 Å². The summed E-state index contributed by atoms with van der Waals surface area (Å²) in [6.07, 6.45) is 5.13. The molecule has 0 radical (unpaired) electrons. The van der Waals surface area contributed by atoms with Crippen LogP contribution in [-0.4, -0.2) is 11.1 Å². The number of hydrogen-bond acceptors (Lipinski definition) is 2. The molecule has 0 aliphatic rings. The third-order valence-corrected chi connectivity index (χ3v) is 2.42. The van der Waals surface area contributed by atoms with Crippen molar-refractivity contribution in [2.24, 2.45) is 0 Å². The highest BCUT2D eigenvalue weighted by Gasteiger charge is 2.08. The van der Waals surface area contributed by atoms with Crippen molar-refractivity contribution in [3.8, 4) is 12.3 Å². The van der Waals surface area contributed by atoms with Crippen molar-refractivity contribution in [2.45, 2.75) is 6.92 Å². The van der Waals surface area contributed by atoms with E-state index in [1.165, 1.54) is 0 Å². The summed E-state index contributed by atoms with van der Waals surface area (Å²) in [5, 5.41) is 8.56. The van der Waals surface area contributed by atoms with E-state index in [1.54, 1.807) is 13.0 Å². The van der Waals surface area contributed by atoms with Crippen molar-refractivity contribution in [1.82, 2.24) is 0 Å². The normalized spacial score (nSPS) is 9.09. The fraction of sp³-hybridized carbons (Fsp3) is 0.125. The van der Waals surface area contributed by atoms with Crippen LogP contribution in [0.4, 0.5) is 0 Å². The summed E-state index contributed by atoms with van der Waals surface area (Å²) in [7, 11) is 0. The second-order valence-corrected chi connectivity index (χ2v) is 3.12. The first-order chi connectivity index (χ1) is 5.15. The zero-order valence-corrected chi connectivity index (χ0v) is 6.73.